The maximum absolute atomic E-state index is 4.74. The van der Waals surface area contributed by atoms with Crippen LogP contribution in [0.25, 0.3) is 33.3 Å². The molecule has 31 heavy (non-hydrogen) atoms. The zero-order valence-electron chi connectivity index (χ0n) is 18.0. The Labute approximate surface area is 181 Å². The lowest BCUT2D eigenvalue weighted by Gasteiger charge is -2.33. The highest BCUT2D eigenvalue weighted by Gasteiger charge is 2.30. The van der Waals surface area contributed by atoms with Gasteiger partial charge in [-0.2, -0.15) is 10.2 Å². The van der Waals surface area contributed by atoms with Crippen LogP contribution in [0.2, 0.25) is 0 Å². The molecule has 2 aliphatic rings. The topological polar surface area (TPSA) is 76.7 Å². The molecule has 2 N–H and O–H groups in total. The molecule has 1 aliphatic heterocycles. The third-order valence-electron chi connectivity index (χ3n) is 6.64. The minimum absolute atomic E-state index is 0.609. The highest BCUT2D eigenvalue weighted by Crippen LogP contribution is 2.44. The second kappa shape index (κ2) is 7.20. The molecule has 1 aromatic carbocycles. The fourth-order valence-corrected chi connectivity index (χ4v) is 4.61. The maximum atomic E-state index is 4.74. The molecule has 0 spiro atoms. The number of aryl methyl sites for hydroxylation is 1. The molecule has 3 aromatic heterocycles. The van der Waals surface area contributed by atoms with Gasteiger partial charge in [0.1, 0.15) is 11.5 Å². The summed E-state index contributed by atoms with van der Waals surface area (Å²) in [7, 11) is 2.17. The van der Waals surface area contributed by atoms with Crippen LogP contribution in [0.5, 0.6) is 0 Å². The average molecular weight is 414 g/mol. The second-order valence-corrected chi connectivity index (χ2v) is 8.91. The monoisotopic (exact) mass is 413 g/mol. The molecule has 1 aliphatic carbocycles. The first kappa shape index (κ1) is 18.6. The van der Waals surface area contributed by atoms with Gasteiger partial charge in [0.2, 0.25) is 0 Å². The number of pyridine rings is 1. The van der Waals surface area contributed by atoms with Crippen LogP contribution in [0.3, 0.4) is 0 Å². The van der Waals surface area contributed by atoms with Gasteiger partial charge in [-0.25, -0.2) is 4.98 Å². The van der Waals surface area contributed by atoms with Gasteiger partial charge in [-0.15, -0.1) is 0 Å². The largest absolute Gasteiger partial charge is 0.354 e. The molecule has 0 bridgehead atoms. The number of piperazine rings is 1. The van der Waals surface area contributed by atoms with E-state index >= 15 is 0 Å². The van der Waals surface area contributed by atoms with Gasteiger partial charge in [0.25, 0.3) is 0 Å². The van der Waals surface area contributed by atoms with E-state index in [1.54, 1.807) is 0 Å². The molecule has 6 rings (SSSR count). The van der Waals surface area contributed by atoms with E-state index in [2.05, 4.69) is 74.5 Å². The number of H-pyrrole nitrogens is 2. The molecule has 4 heterocycles. The van der Waals surface area contributed by atoms with Gasteiger partial charge < -0.3 is 9.80 Å². The summed E-state index contributed by atoms with van der Waals surface area (Å²) in [5, 5.41) is 16.7. The first-order valence-corrected chi connectivity index (χ1v) is 11.1. The van der Waals surface area contributed by atoms with E-state index in [0.29, 0.717) is 5.92 Å². The van der Waals surface area contributed by atoms with Crippen molar-refractivity contribution in [3.8, 4) is 22.4 Å². The molecule has 7 nitrogen and oxygen atoms in total. The van der Waals surface area contributed by atoms with Crippen LogP contribution < -0.4 is 4.90 Å². The summed E-state index contributed by atoms with van der Waals surface area (Å²) < 4.78 is 0. The fraction of sp³-hybridized carbons (Fsp3) is 0.375. The van der Waals surface area contributed by atoms with Gasteiger partial charge in [0.05, 0.1) is 11.2 Å². The minimum Gasteiger partial charge on any atom is -0.354 e. The standard InChI is InChI=1S/C24H27N7/c1-15-22(24(29-26-15)16-3-4-16)17-5-7-19-20(13-17)27-28-23(19)18-6-8-21(25-14-18)31-11-9-30(2)10-12-31/h5-8,13-14,16H,3-4,9-12H2,1-2H3,(H,26,29)(H,27,28). The summed E-state index contributed by atoms with van der Waals surface area (Å²) >= 11 is 0. The van der Waals surface area contributed by atoms with Crippen LogP contribution >= 0.6 is 0 Å². The predicted octanol–water partition coefficient (Wildman–Crippen LogP) is 3.95. The number of hydrogen-bond acceptors (Lipinski definition) is 5. The van der Waals surface area contributed by atoms with Gasteiger partial charge in [-0.05, 0) is 56.6 Å². The third kappa shape index (κ3) is 3.29. The van der Waals surface area contributed by atoms with Crippen LogP contribution in [0.4, 0.5) is 5.82 Å². The summed E-state index contributed by atoms with van der Waals surface area (Å²) in [4.78, 5) is 9.44. The minimum atomic E-state index is 0.609. The number of nitrogens with one attached hydrogen (secondary N) is 2. The van der Waals surface area contributed by atoms with E-state index in [1.807, 2.05) is 6.20 Å². The Morgan fingerprint density at radius 1 is 0.935 bits per heavy atom. The van der Waals surface area contributed by atoms with E-state index < -0.39 is 0 Å². The molecular formula is C24H27N7. The highest BCUT2D eigenvalue weighted by atomic mass is 15.3. The van der Waals surface area contributed by atoms with Crippen molar-refractivity contribution in [2.75, 3.05) is 38.1 Å². The average Bonchev–Trinajstić information content (AvgIpc) is 3.44. The van der Waals surface area contributed by atoms with Crippen molar-refractivity contribution in [1.29, 1.82) is 0 Å². The number of benzene rings is 1. The Hall–Kier alpha value is -3.19. The van der Waals surface area contributed by atoms with Gasteiger partial charge in [0.15, 0.2) is 0 Å². The zero-order chi connectivity index (χ0) is 20.9. The van der Waals surface area contributed by atoms with Crippen LogP contribution in [-0.2, 0) is 0 Å². The van der Waals surface area contributed by atoms with Crippen molar-refractivity contribution in [3.63, 3.8) is 0 Å². The number of likely N-dealkylation sites (N-methyl/N-ethyl adjacent to an activating group) is 1. The molecule has 158 valence electrons. The van der Waals surface area contributed by atoms with Crippen LogP contribution in [-0.4, -0.2) is 63.5 Å². The van der Waals surface area contributed by atoms with E-state index in [-0.39, 0.29) is 0 Å². The Morgan fingerprint density at radius 2 is 1.74 bits per heavy atom. The fourth-order valence-electron chi connectivity index (χ4n) is 4.61. The Morgan fingerprint density at radius 3 is 2.48 bits per heavy atom. The summed E-state index contributed by atoms with van der Waals surface area (Å²) in [6, 6.07) is 10.8. The first-order chi connectivity index (χ1) is 15.2. The lowest BCUT2D eigenvalue weighted by molar-refractivity contribution is 0.312. The molecule has 7 heteroatoms. The quantitative estimate of drug-likeness (QED) is 0.530. The summed E-state index contributed by atoms with van der Waals surface area (Å²) in [5.41, 5.74) is 7.81. The number of nitrogens with zero attached hydrogens (tertiary/aromatic N) is 5. The highest BCUT2D eigenvalue weighted by molar-refractivity contribution is 5.95. The third-order valence-corrected chi connectivity index (χ3v) is 6.64. The zero-order valence-corrected chi connectivity index (χ0v) is 18.0. The Bertz CT molecular complexity index is 1220. The summed E-state index contributed by atoms with van der Waals surface area (Å²) in [6.45, 7) is 6.30. The number of rotatable bonds is 4. The summed E-state index contributed by atoms with van der Waals surface area (Å²) in [6.07, 6.45) is 4.43. The van der Waals surface area contributed by atoms with Gasteiger partial charge in [0, 0.05) is 60.5 Å². The maximum Gasteiger partial charge on any atom is 0.128 e. The molecule has 1 saturated heterocycles. The van der Waals surface area contributed by atoms with Gasteiger partial charge in [-0.1, -0.05) is 6.07 Å². The van der Waals surface area contributed by atoms with Crippen LogP contribution in [0.15, 0.2) is 36.5 Å². The molecule has 2 fully saturated rings. The van der Waals surface area contributed by atoms with E-state index in [4.69, 9.17) is 4.98 Å². The van der Waals surface area contributed by atoms with E-state index in [1.165, 1.54) is 29.7 Å². The Balaban J connectivity index is 1.30. The van der Waals surface area contributed by atoms with Crippen molar-refractivity contribution >= 4 is 16.7 Å². The van der Waals surface area contributed by atoms with Crippen LogP contribution in [0, 0.1) is 6.92 Å². The molecule has 4 aromatic rings. The molecule has 0 unspecified atom stereocenters. The predicted molar refractivity (Wildman–Crippen MR) is 123 cm³/mol. The van der Waals surface area contributed by atoms with Crippen molar-refractivity contribution in [2.24, 2.45) is 0 Å². The number of anilines is 1. The first-order valence-electron chi connectivity index (χ1n) is 11.1. The summed E-state index contributed by atoms with van der Waals surface area (Å²) in [5.74, 6) is 1.65. The second-order valence-electron chi connectivity index (χ2n) is 8.91. The number of aromatic amines is 2. The molecule has 0 amide bonds. The normalized spacial score (nSPS) is 17.5. The van der Waals surface area contributed by atoms with Crippen molar-refractivity contribution < 1.29 is 0 Å². The SMILES string of the molecule is Cc1[nH]nc(C2CC2)c1-c1ccc2c(-c3ccc(N4CCN(C)CC4)nc3)n[nH]c2c1. The molecular weight excluding hydrogens is 386 g/mol. The molecule has 0 atom stereocenters. The lowest BCUT2D eigenvalue weighted by Crippen LogP contribution is -2.44. The number of fused-ring (bicyclic) bond motifs is 1. The number of hydrogen-bond donors (Lipinski definition) is 2. The van der Waals surface area contributed by atoms with E-state index in [0.717, 1.165) is 59.9 Å². The smallest absolute Gasteiger partial charge is 0.128 e. The van der Waals surface area contributed by atoms with Gasteiger partial charge in [-0.3, -0.25) is 10.2 Å². The Kier molecular flexibility index (Phi) is 4.31. The molecule has 1 saturated carbocycles. The van der Waals surface area contributed by atoms with Crippen molar-refractivity contribution in [1.82, 2.24) is 30.3 Å². The van der Waals surface area contributed by atoms with Crippen molar-refractivity contribution in [2.45, 2.75) is 25.7 Å². The van der Waals surface area contributed by atoms with Crippen molar-refractivity contribution in [3.05, 3.63) is 47.9 Å². The number of aromatic nitrogens is 5. The molecule has 0 radical (unpaired) electrons. The lowest BCUT2D eigenvalue weighted by atomic mass is 9.99. The van der Waals surface area contributed by atoms with E-state index in [9.17, 15) is 0 Å². The van der Waals surface area contributed by atoms with Gasteiger partial charge >= 0.3 is 0 Å². The van der Waals surface area contributed by atoms with Crippen LogP contribution in [0.1, 0.15) is 30.1 Å².